The Bertz CT molecular complexity index is 2330. The largest absolute Gasteiger partial charge is 0.506 e. The molecule has 4 heterocycles. The second-order valence-corrected chi connectivity index (χ2v) is 15.6. The molecule has 0 aliphatic carbocycles. The molecule has 14 nitrogen and oxygen atoms in total. The molecule has 3 fully saturated rings. The van der Waals surface area contributed by atoms with Crippen LogP contribution in [0.25, 0.3) is 10.9 Å². The van der Waals surface area contributed by atoms with Gasteiger partial charge in [0.2, 0.25) is 11.5 Å². The number of esters is 1. The first kappa shape index (κ1) is 42.9. The van der Waals surface area contributed by atoms with Crippen LogP contribution >= 0.6 is 0 Å². The molecule has 3 saturated heterocycles. The first-order valence-electron chi connectivity index (χ1n) is 20.8. The monoisotopic (exact) mass is 831 g/mol. The van der Waals surface area contributed by atoms with Crippen LogP contribution < -0.4 is 20.9 Å². The fourth-order valence-electron chi connectivity index (χ4n) is 8.08. The van der Waals surface area contributed by atoms with E-state index in [1.807, 2.05) is 54.6 Å². The van der Waals surface area contributed by atoms with E-state index in [4.69, 9.17) is 14.2 Å². The molecule has 3 unspecified atom stereocenters. The highest BCUT2D eigenvalue weighted by molar-refractivity contribution is 5.89. The van der Waals surface area contributed by atoms with Gasteiger partial charge in [-0.15, -0.1) is 0 Å². The number of aromatic nitrogens is 1. The first-order valence-corrected chi connectivity index (χ1v) is 20.8. The van der Waals surface area contributed by atoms with Crippen molar-refractivity contribution in [1.82, 2.24) is 25.4 Å². The molecule has 320 valence electrons. The van der Waals surface area contributed by atoms with Crippen molar-refractivity contribution in [3.05, 3.63) is 141 Å². The number of fused-ring (bicyclic) bond motifs is 4. The lowest BCUT2D eigenvalue weighted by molar-refractivity contribution is -0.129. The summed E-state index contributed by atoms with van der Waals surface area (Å²) in [7, 11) is 0. The predicted octanol–water partition coefficient (Wildman–Crippen LogP) is 5.44. The zero-order chi connectivity index (χ0) is 42.7. The van der Waals surface area contributed by atoms with Crippen molar-refractivity contribution in [1.29, 1.82) is 0 Å². The summed E-state index contributed by atoms with van der Waals surface area (Å²) >= 11 is 0. The summed E-state index contributed by atoms with van der Waals surface area (Å²) in [4.78, 5) is 56.7. The molecular formula is C47H53N5O9. The van der Waals surface area contributed by atoms with Gasteiger partial charge < -0.3 is 44.9 Å². The van der Waals surface area contributed by atoms with E-state index in [9.17, 15) is 29.4 Å². The second-order valence-electron chi connectivity index (χ2n) is 15.6. The van der Waals surface area contributed by atoms with Crippen molar-refractivity contribution in [3.63, 3.8) is 0 Å². The number of nitrogens with zero attached hydrogens (tertiary/aromatic N) is 2. The number of aliphatic hydroxyl groups is 1. The number of carbonyl (C=O) groups excluding carboxylic acids is 3. The highest BCUT2D eigenvalue weighted by Crippen LogP contribution is 2.31. The van der Waals surface area contributed by atoms with Gasteiger partial charge in [0, 0.05) is 38.0 Å². The van der Waals surface area contributed by atoms with Crippen molar-refractivity contribution in [2.45, 2.75) is 51.0 Å². The Kier molecular flexibility index (Phi) is 14.3. The van der Waals surface area contributed by atoms with Gasteiger partial charge >= 0.3 is 12.1 Å². The molecule has 5 aromatic rings. The normalized spacial score (nSPS) is 17.9. The number of aliphatic hydroxyl groups excluding tert-OH is 1. The molecule has 0 saturated carbocycles. The fraction of sp³-hybridized carbons (Fsp3) is 0.362. The molecule has 61 heavy (non-hydrogen) atoms. The number of aromatic amines is 1. The number of ether oxygens (including phenoxy) is 3. The van der Waals surface area contributed by atoms with E-state index in [2.05, 4.69) is 20.5 Å². The summed E-state index contributed by atoms with van der Waals surface area (Å²) in [6.45, 7) is 6.05. The van der Waals surface area contributed by atoms with Gasteiger partial charge in [-0.3, -0.25) is 14.5 Å². The minimum atomic E-state index is -0.892. The van der Waals surface area contributed by atoms with Gasteiger partial charge in [0.25, 0.3) is 0 Å². The molecule has 3 atom stereocenters. The number of aromatic hydroxyl groups is 1. The van der Waals surface area contributed by atoms with Gasteiger partial charge in [-0.05, 0) is 103 Å². The number of amides is 2. The minimum absolute atomic E-state index is 0.0258. The van der Waals surface area contributed by atoms with Crippen LogP contribution in [-0.4, -0.2) is 101 Å². The summed E-state index contributed by atoms with van der Waals surface area (Å²) in [6.07, 6.45) is 1.28. The Hall–Kier alpha value is -6.22. The molecule has 3 aliphatic rings. The van der Waals surface area contributed by atoms with Crippen molar-refractivity contribution in [2.75, 3.05) is 52.4 Å². The molecule has 0 spiro atoms. The number of phenolic OH excluding ortho intramolecular Hbond substituents is 1. The highest BCUT2D eigenvalue weighted by Gasteiger charge is 2.37. The number of carbonyl (C=O) groups is 3. The highest BCUT2D eigenvalue weighted by atomic mass is 16.6. The zero-order valence-corrected chi connectivity index (χ0v) is 34.3. The Labute approximate surface area is 354 Å². The van der Waals surface area contributed by atoms with E-state index in [-0.39, 0.29) is 55.1 Å². The molecule has 5 N–H and O–H groups in total. The second kappa shape index (κ2) is 20.4. The topological polar surface area (TPSA) is 183 Å². The Morgan fingerprint density at radius 3 is 2.43 bits per heavy atom. The van der Waals surface area contributed by atoms with Crippen LogP contribution in [0.3, 0.4) is 0 Å². The zero-order valence-electron chi connectivity index (χ0n) is 34.3. The number of nitrogens with one attached hydrogen (secondary N) is 3. The minimum Gasteiger partial charge on any atom is -0.506 e. The third-order valence-electron chi connectivity index (χ3n) is 11.5. The van der Waals surface area contributed by atoms with Gasteiger partial charge in [0.05, 0.1) is 29.8 Å². The summed E-state index contributed by atoms with van der Waals surface area (Å²) in [5.41, 5.74) is 3.48. The summed E-state index contributed by atoms with van der Waals surface area (Å²) in [5, 5.41) is 27.7. The third-order valence-corrected chi connectivity index (χ3v) is 11.5. The molecule has 3 aliphatic heterocycles. The lowest BCUT2D eigenvalue weighted by Gasteiger charge is -2.43. The number of hydrogen-bond acceptors (Lipinski definition) is 11. The summed E-state index contributed by atoms with van der Waals surface area (Å²) in [5.74, 6) is 0.305. The number of H-pyrrole nitrogens is 1. The molecule has 1 aromatic heterocycles. The number of phenols is 1. The molecular weight excluding hydrogens is 779 g/mol. The van der Waals surface area contributed by atoms with Crippen LogP contribution in [0.4, 0.5) is 4.79 Å². The maximum atomic E-state index is 13.2. The van der Waals surface area contributed by atoms with Gasteiger partial charge in [0.1, 0.15) is 30.8 Å². The van der Waals surface area contributed by atoms with Crippen LogP contribution in [0.2, 0.25) is 0 Å². The van der Waals surface area contributed by atoms with Crippen molar-refractivity contribution in [2.24, 2.45) is 5.92 Å². The summed E-state index contributed by atoms with van der Waals surface area (Å²) in [6, 6.07) is 29.9. The lowest BCUT2D eigenvalue weighted by Crippen LogP contribution is -2.52. The lowest BCUT2D eigenvalue weighted by atomic mass is 9.86. The molecule has 2 amide bonds. The number of benzene rings is 4. The maximum absolute atomic E-state index is 13.2. The van der Waals surface area contributed by atoms with E-state index in [1.165, 1.54) is 19.1 Å². The van der Waals surface area contributed by atoms with Crippen LogP contribution in [0.5, 0.6) is 11.5 Å². The molecule has 4 aromatic carbocycles. The molecule has 0 radical (unpaired) electrons. The van der Waals surface area contributed by atoms with Gasteiger partial charge in [0.15, 0.2) is 0 Å². The Balaban J connectivity index is 0.844. The van der Waals surface area contributed by atoms with Crippen molar-refractivity contribution in [3.8, 4) is 11.5 Å². The average molecular weight is 832 g/mol. The Morgan fingerprint density at radius 1 is 0.918 bits per heavy atom. The molecule has 2 bridgehead atoms. The number of rotatable bonds is 18. The van der Waals surface area contributed by atoms with Crippen molar-refractivity contribution >= 4 is 28.9 Å². The van der Waals surface area contributed by atoms with Crippen LogP contribution in [-0.2, 0) is 20.9 Å². The van der Waals surface area contributed by atoms with Gasteiger partial charge in [-0.25, -0.2) is 9.59 Å². The fourth-order valence-corrected chi connectivity index (χ4v) is 8.08. The molecule has 8 rings (SSSR count). The number of alkyl carbamates (subject to hydrolysis) is 1. The number of piperidine rings is 3. The van der Waals surface area contributed by atoms with E-state index in [1.54, 1.807) is 41.3 Å². The smallest absolute Gasteiger partial charge is 0.408 e. The number of hydrogen-bond donors (Lipinski definition) is 5. The third kappa shape index (κ3) is 11.3. The van der Waals surface area contributed by atoms with Gasteiger partial charge in [-0.1, -0.05) is 60.7 Å². The van der Waals surface area contributed by atoms with Crippen LogP contribution in [0.1, 0.15) is 70.9 Å². The van der Waals surface area contributed by atoms with E-state index in [0.29, 0.717) is 47.7 Å². The van der Waals surface area contributed by atoms with E-state index >= 15 is 0 Å². The van der Waals surface area contributed by atoms with E-state index < -0.39 is 24.2 Å². The maximum Gasteiger partial charge on any atom is 0.408 e. The average Bonchev–Trinajstić information content (AvgIpc) is 3.28. The predicted molar refractivity (Wildman–Crippen MR) is 229 cm³/mol. The van der Waals surface area contributed by atoms with Gasteiger partial charge in [-0.2, -0.15) is 0 Å². The van der Waals surface area contributed by atoms with Crippen LogP contribution in [0.15, 0.2) is 108 Å². The standard InChI is InChI=1S/C47H53N5O9/c1-31(53)52(22-6-21-48-28-41(55)38-15-17-40(54)45-39(38)16-18-43(56)49-45)25-26-59-46(57)35-13-11-32(12-14-35)30-60-37-10-5-9-36(27-37)44(34-7-3-2-4-8-34)50-47(58)61-42-29-51-23-19-33(42)20-24-51/h2-5,7-18,27,33,41-42,44,48,54-55H,6,19-26,28-30H2,1H3,(H,49,56)(H,50,58). The molecule has 14 heteroatoms. The number of pyridine rings is 1. The first-order chi connectivity index (χ1) is 29.6. The quantitative estimate of drug-likeness (QED) is 0.0560. The van der Waals surface area contributed by atoms with Crippen molar-refractivity contribution < 1.29 is 38.8 Å². The SMILES string of the molecule is CC(=O)N(CCCNCC(O)c1ccc(O)c2[nH]c(=O)ccc12)CCOC(=O)c1ccc(COc2cccc(C(NC(=O)OC3CN4CCC3CC4)c3ccccc3)c2)cc1. The Morgan fingerprint density at radius 2 is 1.69 bits per heavy atom. The van der Waals surface area contributed by atoms with E-state index in [0.717, 1.165) is 49.2 Å². The van der Waals surface area contributed by atoms with Crippen LogP contribution in [0, 0.1) is 5.92 Å². The summed E-state index contributed by atoms with van der Waals surface area (Å²) < 4.78 is 17.6.